The van der Waals surface area contributed by atoms with Gasteiger partial charge in [-0.05, 0) is 19.9 Å². The quantitative estimate of drug-likeness (QED) is 0.683. The molecule has 1 N–H and O–H groups in total. The third-order valence-electron chi connectivity index (χ3n) is 3.23. The molecule has 17 heavy (non-hydrogen) atoms. The number of nitrogens with one attached hydrogen (secondary N) is 1. The topological polar surface area (TPSA) is 52.6 Å². The first-order chi connectivity index (χ1) is 7.95. The van der Waals surface area contributed by atoms with Crippen LogP contribution in [0, 0.1) is 0 Å². The van der Waals surface area contributed by atoms with Gasteiger partial charge in [-0.25, -0.2) is 8.42 Å². The number of hydrogen-bond donors (Lipinski definition) is 1. The van der Waals surface area contributed by atoms with E-state index in [-0.39, 0.29) is 0 Å². The second-order valence-corrected chi connectivity index (χ2v) is 6.73. The molecule has 1 aliphatic heterocycles. The zero-order valence-electron chi connectivity index (χ0n) is 11.1. The van der Waals surface area contributed by atoms with E-state index in [1.54, 1.807) is 4.31 Å². The van der Waals surface area contributed by atoms with Crippen LogP contribution in [0.15, 0.2) is 0 Å². The molecule has 1 atom stereocenters. The van der Waals surface area contributed by atoms with Crippen molar-refractivity contribution in [1.82, 2.24) is 14.5 Å². The monoisotopic (exact) mass is 263 g/mol. The Morgan fingerprint density at radius 3 is 2.29 bits per heavy atom. The first-order valence-electron chi connectivity index (χ1n) is 6.35. The summed E-state index contributed by atoms with van der Waals surface area (Å²) >= 11 is 0. The van der Waals surface area contributed by atoms with Crippen LogP contribution in [0.5, 0.6) is 0 Å². The van der Waals surface area contributed by atoms with Gasteiger partial charge in [0.05, 0.1) is 6.26 Å². The second-order valence-electron chi connectivity index (χ2n) is 4.75. The molecule has 6 heteroatoms. The van der Waals surface area contributed by atoms with Crippen LogP contribution < -0.4 is 5.32 Å². The Morgan fingerprint density at radius 2 is 1.82 bits per heavy atom. The van der Waals surface area contributed by atoms with Crippen molar-refractivity contribution in [3.63, 3.8) is 0 Å². The van der Waals surface area contributed by atoms with E-state index in [0.717, 1.165) is 32.6 Å². The van der Waals surface area contributed by atoms with Crippen LogP contribution in [0.4, 0.5) is 0 Å². The smallest absolute Gasteiger partial charge is 0.211 e. The van der Waals surface area contributed by atoms with E-state index in [1.165, 1.54) is 6.26 Å². The number of piperazine rings is 1. The van der Waals surface area contributed by atoms with E-state index < -0.39 is 10.0 Å². The highest BCUT2D eigenvalue weighted by Gasteiger charge is 2.25. The van der Waals surface area contributed by atoms with Crippen molar-refractivity contribution in [2.45, 2.75) is 26.3 Å². The van der Waals surface area contributed by atoms with E-state index in [4.69, 9.17) is 0 Å². The Bertz CT molecular complexity index is 311. The van der Waals surface area contributed by atoms with E-state index in [2.05, 4.69) is 24.1 Å². The first-order valence-corrected chi connectivity index (χ1v) is 8.20. The predicted molar refractivity (Wildman–Crippen MR) is 70.6 cm³/mol. The van der Waals surface area contributed by atoms with Crippen LogP contribution in [0.25, 0.3) is 0 Å². The highest BCUT2D eigenvalue weighted by molar-refractivity contribution is 7.88. The fourth-order valence-corrected chi connectivity index (χ4v) is 2.92. The molecule has 0 aromatic heterocycles. The molecular weight excluding hydrogens is 238 g/mol. The Kier molecular flexibility index (Phi) is 5.85. The van der Waals surface area contributed by atoms with Crippen molar-refractivity contribution in [2.75, 3.05) is 45.5 Å². The lowest BCUT2D eigenvalue weighted by molar-refractivity contribution is 0.144. The van der Waals surface area contributed by atoms with Gasteiger partial charge >= 0.3 is 0 Å². The Morgan fingerprint density at radius 1 is 1.24 bits per heavy atom. The number of nitrogens with zero attached hydrogens (tertiary/aromatic N) is 2. The molecule has 0 amide bonds. The lowest BCUT2D eigenvalue weighted by atomic mass is 10.2. The number of rotatable bonds is 6. The highest BCUT2D eigenvalue weighted by atomic mass is 32.2. The lowest BCUT2D eigenvalue weighted by Crippen LogP contribution is -2.53. The number of sulfonamides is 1. The maximum atomic E-state index is 11.4. The van der Waals surface area contributed by atoms with E-state index in [1.807, 2.05) is 0 Å². The van der Waals surface area contributed by atoms with Gasteiger partial charge < -0.3 is 5.32 Å². The second kappa shape index (κ2) is 6.68. The SMILES string of the molecule is CCCNCC(C)N1CCN(S(C)(=O)=O)CC1. The summed E-state index contributed by atoms with van der Waals surface area (Å²) in [5.74, 6) is 0. The summed E-state index contributed by atoms with van der Waals surface area (Å²) in [4.78, 5) is 2.35. The normalized spacial score (nSPS) is 21.6. The van der Waals surface area contributed by atoms with Crippen molar-refractivity contribution < 1.29 is 8.42 Å². The molecule has 0 saturated carbocycles. The molecule has 102 valence electrons. The fraction of sp³-hybridized carbons (Fsp3) is 1.00. The summed E-state index contributed by atoms with van der Waals surface area (Å²) in [6, 6.07) is 0.475. The molecule has 0 bridgehead atoms. The minimum absolute atomic E-state index is 0.475. The van der Waals surface area contributed by atoms with Crippen molar-refractivity contribution in [2.24, 2.45) is 0 Å². The molecule has 1 aliphatic rings. The van der Waals surface area contributed by atoms with Gasteiger partial charge in [0.15, 0.2) is 0 Å². The minimum Gasteiger partial charge on any atom is -0.315 e. The largest absolute Gasteiger partial charge is 0.315 e. The van der Waals surface area contributed by atoms with Crippen molar-refractivity contribution in [1.29, 1.82) is 0 Å². The molecule has 1 fully saturated rings. The van der Waals surface area contributed by atoms with Gasteiger partial charge in [-0.1, -0.05) is 6.92 Å². The summed E-state index contributed by atoms with van der Waals surface area (Å²) in [5.41, 5.74) is 0. The van der Waals surface area contributed by atoms with Gasteiger partial charge in [0.25, 0.3) is 0 Å². The predicted octanol–water partition coefficient (Wildman–Crippen LogP) is -0.0483. The van der Waals surface area contributed by atoms with Crippen LogP contribution in [0.2, 0.25) is 0 Å². The molecular formula is C11H25N3O2S. The van der Waals surface area contributed by atoms with Crippen LogP contribution in [-0.4, -0.2) is 69.2 Å². The minimum atomic E-state index is -3.00. The van der Waals surface area contributed by atoms with Crippen LogP contribution in [-0.2, 0) is 10.0 Å². The van der Waals surface area contributed by atoms with Crippen LogP contribution in [0.1, 0.15) is 20.3 Å². The molecule has 1 heterocycles. The molecule has 0 spiro atoms. The van der Waals surface area contributed by atoms with Gasteiger partial charge in [-0.2, -0.15) is 4.31 Å². The van der Waals surface area contributed by atoms with Gasteiger partial charge in [0.1, 0.15) is 0 Å². The first kappa shape index (κ1) is 14.9. The fourth-order valence-electron chi connectivity index (χ4n) is 2.09. The summed E-state index contributed by atoms with van der Waals surface area (Å²) < 4.78 is 24.3. The van der Waals surface area contributed by atoms with Crippen molar-refractivity contribution in [3.8, 4) is 0 Å². The van der Waals surface area contributed by atoms with E-state index >= 15 is 0 Å². The summed E-state index contributed by atoms with van der Waals surface area (Å²) in [7, 11) is -3.00. The van der Waals surface area contributed by atoms with Gasteiger partial charge in [-0.3, -0.25) is 4.90 Å². The average Bonchev–Trinajstić information content (AvgIpc) is 2.28. The molecule has 5 nitrogen and oxygen atoms in total. The van der Waals surface area contributed by atoms with Crippen LogP contribution >= 0.6 is 0 Å². The summed E-state index contributed by atoms with van der Waals surface area (Å²) in [6.45, 7) is 9.29. The summed E-state index contributed by atoms with van der Waals surface area (Å²) in [5, 5.41) is 3.40. The lowest BCUT2D eigenvalue weighted by Gasteiger charge is -2.37. The van der Waals surface area contributed by atoms with Crippen molar-refractivity contribution in [3.05, 3.63) is 0 Å². The third-order valence-corrected chi connectivity index (χ3v) is 4.54. The Hall–Kier alpha value is -0.170. The van der Waals surface area contributed by atoms with E-state index in [0.29, 0.717) is 19.1 Å². The van der Waals surface area contributed by atoms with Gasteiger partial charge in [0.2, 0.25) is 10.0 Å². The standard InChI is InChI=1S/C11H25N3O2S/c1-4-5-12-10-11(2)13-6-8-14(9-7-13)17(3,15)16/h11-12H,4-10H2,1-3H3. The molecule has 0 aliphatic carbocycles. The van der Waals surface area contributed by atoms with Gasteiger partial charge in [0, 0.05) is 38.8 Å². The molecule has 0 aromatic rings. The van der Waals surface area contributed by atoms with E-state index in [9.17, 15) is 8.42 Å². The maximum absolute atomic E-state index is 11.4. The summed E-state index contributed by atoms with van der Waals surface area (Å²) in [6.07, 6.45) is 2.43. The molecule has 1 saturated heterocycles. The zero-order valence-corrected chi connectivity index (χ0v) is 12.0. The average molecular weight is 263 g/mol. The zero-order chi connectivity index (χ0) is 12.9. The molecule has 1 unspecified atom stereocenters. The molecule has 1 rings (SSSR count). The Balaban J connectivity index is 2.31. The molecule has 0 aromatic carbocycles. The molecule has 0 radical (unpaired) electrons. The highest BCUT2D eigenvalue weighted by Crippen LogP contribution is 2.08. The number of hydrogen-bond acceptors (Lipinski definition) is 4. The third kappa shape index (κ3) is 4.91. The van der Waals surface area contributed by atoms with Crippen LogP contribution in [0.3, 0.4) is 0 Å². The Labute approximate surface area is 105 Å². The van der Waals surface area contributed by atoms with Gasteiger partial charge in [-0.15, -0.1) is 0 Å². The maximum Gasteiger partial charge on any atom is 0.211 e. The van der Waals surface area contributed by atoms with Crippen molar-refractivity contribution >= 4 is 10.0 Å².